The molecule has 0 bridgehead atoms. The molecular weight excluding hydrogens is 230 g/mol. The van der Waals surface area contributed by atoms with Gasteiger partial charge in [-0.25, -0.2) is 0 Å². The van der Waals surface area contributed by atoms with Crippen LogP contribution in [0.1, 0.15) is 17.2 Å². The summed E-state index contributed by atoms with van der Waals surface area (Å²) in [5.74, 6) is 1.65. The summed E-state index contributed by atoms with van der Waals surface area (Å²) in [6, 6.07) is 8.28. The van der Waals surface area contributed by atoms with Crippen molar-refractivity contribution in [1.82, 2.24) is 5.32 Å². The molecule has 4 heteroatoms. The lowest BCUT2D eigenvalue weighted by Gasteiger charge is -2.14. The molecule has 0 saturated heterocycles. The quantitative estimate of drug-likeness (QED) is 0.898. The van der Waals surface area contributed by atoms with Crippen molar-refractivity contribution in [2.45, 2.75) is 12.5 Å². The molecule has 1 unspecified atom stereocenters. The van der Waals surface area contributed by atoms with Gasteiger partial charge in [0.15, 0.2) is 11.5 Å². The van der Waals surface area contributed by atoms with Crippen molar-refractivity contribution in [3.63, 3.8) is 0 Å². The van der Waals surface area contributed by atoms with E-state index in [4.69, 9.17) is 13.9 Å². The summed E-state index contributed by atoms with van der Waals surface area (Å²) in [5.41, 5.74) is 2.36. The third kappa shape index (κ3) is 2.07. The van der Waals surface area contributed by atoms with Gasteiger partial charge in [0.05, 0.1) is 12.5 Å². The third-order valence-corrected chi connectivity index (χ3v) is 3.17. The molecule has 2 aromatic rings. The van der Waals surface area contributed by atoms with E-state index in [1.807, 2.05) is 25.2 Å². The Labute approximate surface area is 106 Å². The van der Waals surface area contributed by atoms with Crippen LogP contribution < -0.4 is 14.8 Å². The second kappa shape index (κ2) is 4.74. The van der Waals surface area contributed by atoms with E-state index < -0.39 is 0 Å². The third-order valence-electron chi connectivity index (χ3n) is 3.17. The molecule has 1 aromatic carbocycles. The Morgan fingerprint density at radius 1 is 1.22 bits per heavy atom. The predicted molar refractivity (Wildman–Crippen MR) is 66.8 cm³/mol. The number of nitrogens with one attached hydrogen (secondary N) is 1. The molecule has 4 nitrogen and oxygen atoms in total. The smallest absolute Gasteiger partial charge is 0.231 e. The van der Waals surface area contributed by atoms with Gasteiger partial charge in [0.1, 0.15) is 0 Å². The van der Waals surface area contributed by atoms with Gasteiger partial charge in [-0.05, 0) is 37.2 Å². The van der Waals surface area contributed by atoms with Crippen LogP contribution in [0, 0.1) is 0 Å². The molecule has 1 aromatic heterocycles. The van der Waals surface area contributed by atoms with E-state index in [0.717, 1.165) is 23.5 Å². The Bertz CT molecular complexity index is 522. The minimum absolute atomic E-state index is 0.240. The zero-order chi connectivity index (χ0) is 12.4. The van der Waals surface area contributed by atoms with Gasteiger partial charge in [-0.15, -0.1) is 0 Å². The van der Waals surface area contributed by atoms with Gasteiger partial charge in [0, 0.05) is 11.6 Å². The Hall–Kier alpha value is -1.94. The van der Waals surface area contributed by atoms with Crippen LogP contribution in [0.5, 0.6) is 11.5 Å². The summed E-state index contributed by atoms with van der Waals surface area (Å²) < 4.78 is 15.8. The summed E-state index contributed by atoms with van der Waals surface area (Å²) in [5, 5.41) is 3.29. The first-order valence-electron chi connectivity index (χ1n) is 5.94. The molecule has 0 spiro atoms. The highest BCUT2D eigenvalue weighted by atomic mass is 16.7. The molecule has 1 aliphatic rings. The van der Waals surface area contributed by atoms with Crippen molar-refractivity contribution in [2.24, 2.45) is 0 Å². The molecule has 94 valence electrons. The monoisotopic (exact) mass is 245 g/mol. The molecule has 3 rings (SSSR count). The summed E-state index contributed by atoms with van der Waals surface area (Å²) >= 11 is 0. The molecule has 0 saturated carbocycles. The molecule has 1 N–H and O–H groups in total. The molecule has 0 radical (unpaired) electrons. The fourth-order valence-electron chi connectivity index (χ4n) is 2.16. The fraction of sp³-hybridized carbons (Fsp3) is 0.286. The lowest BCUT2D eigenvalue weighted by molar-refractivity contribution is 0.174. The van der Waals surface area contributed by atoms with Gasteiger partial charge in [-0.1, -0.05) is 6.07 Å². The van der Waals surface area contributed by atoms with Crippen LogP contribution in [0.4, 0.5) is 0 Å². The lowest BCUT2D eigenvalue weighted by atomic mass is 10.0. The second-order valence-electron chi connectivity index (χ2n) is 4.29. The van der Waals surface area contributed by atoms with E-state index in [9.17, 15) is 0 Å². The van der Waals surface area contributed by atoms with Crippen molar-refractivity contribution < 1.29 is 13.9 Å². The Kier molecular flexibility index (Phi) is 2.94. The number of likely N-dealkylation sites (N-methyl/N-ethyl adjacent to an activating group) is 1. The normalized spacial score (nSPS) is 14.7. The lowest BCUT2D eigenvalue weighted by Crippen LogP contribution is -2.18. The molecule has 0 amide bonds. The van der Waals surface area contributed by atoms with Crippen LogP contribution in [0.2, 0.25) is 0 Å². The predicted octanol–water partition coefficient (Wildman–Crippen LogP) is 2.51. The topological polar surface area (TPSA) is 43.6 Å². The van der Waals surface area contributed by atoms with Gasteiger partial charge in [0.2, 0.25) is 6.79 Å². The average molecular weight is 245 g/mol. The molecule has 2 heterocycles. The van der Waals surface area contributed by atoms with Crippen LogP contribution in [0.3, 0.4) is 0 Å². The number of rotatable bonds is 4. The number of hydrogen-bond donors (Lipinski definition) is 1. The van der Waals surface area contributed by atoms with Crippen LogP contribution in [-0.2, 0) is 6.42 Å². The van der Waals surface area contributed by atoms with Crippen LogP contribution in [-0.4, -0.2) is 13.8 Å². The molecule has 0 aliphatic carbocycles. The van der Waals surface area contributed by atoms with E-state index in [2.05, 4.69) is 11.4 Å². The fourth-order valence-corrected chi connectivity index (χ4v) is 2.16. The van der Waals surface area contributed by atoms with E-state index in [1.165, 1.54) is 5.56 Å². The van der Waals surface area contributed by atoms with E-state index in [-0.39, 0.29) is 6.04 Å². The van der Waals surface area contributed by atoms with E-state index >= 15 is 0 Å². The van der Waals surface area contributed by atoms with Gasteiger partial charge in [0.25, 0.3) is 0 Å². The number of ether oxygens (including phenoxy) is 2. The van der Waals surface area contributed by atoms with Crippen molar-refractivity contribution in [3.8, 4) is 11.5 Å². The van der Waals surface area contributed by atoms with Crippen LogP contribution in [0.25, 0.3) is 0 Å². The highest BCUT2D eigenvalue weighted by molar-refractivity contribution is 5.44. The maximum atomic E-state index is 5.38. The van der Waals surface area contributed by atoms with Crippen LogP contribution in [0.15, 0.2) is 41.2 Å². The first-order valence-corrected chi connectivity index (χ1v) is 5.94. The summed E-state index contributed by atoms with van der Waals surface area (Å²) in [7, 11) is 1.95. The molecule has 1 aliphatic heterocycles. The Morgan fingerprint density at radius 3 is 2.89 bits per heavy atom. The summed E-state index contributed by atoms with van der Waals surface area (Å²) in [6.45, 7) is 0.315. The molecule has 0 fully saturated rings. The highest BCUT2D eigenvalue weighted by Crippen LogP contribution is 2.33. The standard InChI is InChI=1S/C14H15NO3/c1-15-12(11-4-5-16-8-11)6-10-2-3-13-14(7-10)18-9-17-13/h2-5,7-8,12,15H,6,9H2,1H3. The molecule has 18 heavy (non-hydrogen) atoms. The summed E-state index contributed by atoms with van der Waals surface area (Å²) in [4.78, 5) is 0. The van der Waals surface area contributed by atoms with Gasteiger partial charge >= 0.3 is 0 Å². The summed E-state index contributed by atoms with van der Waals surface area (Å²) in [6.07, 6.45) is 4.35. The Balaban J connectivity index is 1.79. The number of fused-ring (bicyclic) bond motifs is 1. The maximum absolute atomic E-state index is 5.38. The molecular formula is C14H15NO3. The maximum Gasteiger partial charge on any atom is 0.231 e. The zero-order valence-electron chi connectivity index (χ0n) is 10.2. The van der Waals surface area contributed by atoms with Crippen LogP contribution >= 0.6 is 0 Å². The van der Waals surface area contributed by atoms with Crippen molar-refractivity contribution in [2.75, 3.05) is 13.8 Å². The number of benzene rings is 1. The van der Waals surface area contributed by atoms with Crippen molar-refractivity contribution in [3.05, 3.63) is 47.9 Å². The van der Waals surface area contributed by atoms with E-state index in [0.29, 0.717) is 6.79 Å². The Morgan fingerprint density at radius 2 is 2.11 bits per heavy atom. The number of furan rings is 1. The van der Waals surface area contributed by atoms with Gasteiger partial charge < -0.3 is 19.2 Å². The van der Waals surface area contributed by atoms with Crippen molar-refractivity contribution in [1.29, 1.82) is 0 Å². The van der Waals surface area contributed by atoms with E-state index in [1.54, 1.807) is 12.5 Å². The minimum Gasteiger partial charge on any atom is -0.472 e. The SMILES string of the molecule is CNC(Cc1ccc2c(c1)OCO2)c1ccoc1. The first-order chi connectivity index (χ1) is 8.86. The average Bonchev–Trinajstić information content (AvgIpc) is 3.06. The molecule has 1 atom stereocenters. The second-order valence-corrected chi connectivity index (χ2v) is 4.29. The zero-order valence-corrected chi connectivity index (χ0v) is 10.2. The van der Waals surface area contributed by atoms with Gasteiger partial charge in [-0.3, -0.25) is 0 Å². The number of hydrogen-bond acceptors (Lipinski definition) is 4. The van der Waals surface area contributed by atoms with Gasteiger partial charge in [-0.2, -0.15) is 0 Å². The highest BCUT2D eigenvalue weighted by Gasteiger charge is 2.16. The minimum atomic E-state index is 0.240. The first kappa shape index (κ1) is 11.2. The largest absolute Gasteiger partial charge is 0.472 e. The van der Waals surface area contributed by atoms with Crippen molar-refractivity contribution >= 4 is 0 Å².